The molecule has 0 radical (unpaired) electrons. The topological polar surface area (TPSA) is 27.1 Å². The van der Waals surface area contributed by atoms with E-state index in [0.717, 1.165) is 27.4 Å². The van der Waals surface area contributed by atoms with Gasteiger partial charge in [0.25, 0.3) is 0 Å². The van der Waals surface area contributed by atoms with Crippen molar-refractivity contribution in [3.8, 4) is 5.75 Å². The highest BCUT2D eigenvalue weighted by Gasteiger charge is 2.13. The van der Waals surface area contributed by atoms with Gasteiger partial charge in [-0.05, 0) is 35.9 Å². The summed E-state index contributed by atoms with van der Waals surface area (Å²) in [5, 5.41) is 1.32. The number of hydrogen-bond acceptors (Lipinski definition) is 2. The van der Waals surface area contributed by atoms with Gasteiger partial charge < -0.3 is 9.30 Å². The van der Waals surface area contributed by atoms with Gasteiger partial charge in [0.2, 0.25) is 0 Å². The summed E-state index contributed by atoms with van der Waals surface area (Å²) in [6.07, 6.45) is 0. The van der Waals surface area contributed by atoms with Crippen LogP contribution < -0.4 is 4.74 Å². The molecule has 0 unspecified atom stereocenters. The smallest absolute Gasteiger partial charge is 0.148 e. The van der Waals surface area contributed by atoms with Gasteiger partial charge in [-0.2, -0.15) is 0 Å². The normalized spacial score (nSPS) is 11.0. The second-order valence-electron chi connectivity index (χ2n) is 5.91. The van der Waals surface area contributed by atoms with Crippen LogP contribution >= 0.6 is 23.2 Å². The van der Waals surface area contributed by atoms with Crippen molar-refractivity contribution in [2.75, 3.05) is 0 Å². The Balaban J connectivity index is 1.70. The predicted molar refractivity (Wildman–Crippen MR) is 106 cm³/mol. The van der Waals surface area contributed by atoms with E-state index in [4.69, 9.17) is 32.9 Å². The molecule has 0 aliphatic heterocycles. The van der Waals surface area contributed by atoms with E-state index in [9.17, 15) is 0 Å². The maximum atomic E-state index is 6.36. The van der Waals surface area contributed by atoms with E-state index in [1.54, 1.807) is 0 Å². The number of halogens is 2. The molecule has 0 spiro atoms. The van der Waals surface area contributed by atoms with E-state index in [1.165, 1.54) is 0 Å². The van der Waals surface area contributed by atoms with Crippen LogP contribution in [0.2, 0.25) is 10.0 Å². The van der Waals surface area contributed by atoms with Crippen LogP contribution in [0.15, 0.2) is 72.8 Å². The molecule has 1 heterocycles. The molecule has 0 saturated carbocycles. The number of imidazole rings is 1. The molecule has 26 heavy (non-hydrogen) atoms. The lowest BCUT2D eigenvalue weighted by molar-refractivity contribution is 0.291. The molecule has 4 aromatic rings. The van der Waals surface area contributed by atoms with Gasteiger partial charge in [0.15, 0.2) is 0 Å². The van der Waals surface area contributed by atoms with Crippen LogP contribution in [-0.2, 0) is 13.2 Å². The van der Waals surface area contributed by atoms with Crippen molar-refractivity contribution < 1.29 is 4.74 Å². The zero-order valence-electron chi connectivity index (χ0n) is 13.9. The minimum atomic E-state index is 0.322. The minimum Gasteiger partial charge on any atom is -0.484 e. The number of benzene rings is 3. The number of para-hydroxylation sites is 3. The Morgan fingerprint density at radius 2 is 1.50 bits per heavy atom. The van der Waals surface area contributed by atoms with Gasteiger partial charge in [-0.1, -0.05) is 65.7 Å². The van der Waals surface area contributed by atoms with Crippen molar-refractivity contribution >= 4 is 34.2 Å². The van der Waals surface area contributed by atoms with Gasteiger partial charge in [-0.3, -0.25) is 0 Å². The van der Waals surface area contributed by atoms with Crippen molar-refractivity contribution in [2.45, 2.75) is 13.2 Å². The summed E-state index contributed by atoms with van der Waals surface area (Å²) >= 11 is 12.5. The highest BCUT2D eigenvalue weighted by atomic mass is 35.5. The fourth-order valence-electron chi connectivity index (χ4n) is 2.91. The van der Waals surface area contributed by atoms with Crippen LogP contribution in [0.5, 0.6) is 5.75 Å². The first-order valence-corrected chi connectivity index (χ1v) is 9.03. The quantitative estimate of drug-likeness (QED) is 0.425. The Morgan fingerprint density at radius 3 is 2.31 bits per heavy atom. The average Bonchev–Trinajstić information content (AvgIpc) is 3.01. The molecular weight excluding hydrogens is 367 g/mol. The maximum absolute atomic E-state index is 6.36. The van der Waals surface area contributed by atoms with Crippen molar-refractivity contribution in [2.24, 2.45) is 0 Å². The van der Waals surface area contributed by atoms with Crippen LogP contribution in [-0.4, -0.2) is 9.55 Å². The molecule has 0 aliphatic rings. The zero-order chi connectivity index (χ0) is 17.9. The van der Waals surface area contributed by atoms with E-state index in [-0.39, 0.29) is 0 Å². The van der Waals surface area contributed by atoms with E-state index < -0.39 is 0 Å². The molecule has 0 saturated heterocycles. The van der Waals surface area contributed by atoms with Crippen molar-refractivity contribution in [3.63, 3.8) is 0 Å². The van der Waals surface area contributed by atoms with Gasteiger partial charge in [0.1, 0.15) is 18.2 Å². The SMILES string of the molecule is Clc1ccccc1Cn1c(COc2ccccc2Cl)nc2ccccc21. The second kappa shape index (κ2) is 7.40. The summed E-state index contributed by atoms with van der Waals surface area (Å²) in [4.78, 5) is 4.74. The lowest BCUT2D eigenvalue weighted by atomic mass is 10.2. The average molecular weight is 383 g/mol. The van der Waals surface area contributed by atoms with Crippen LogP contribution in [0.4, 0.5) is 0 Å². The highest BCUT2D eigenvalue weighted by molar-refractivity contribution is 6.32. The Morgan fingerprint density at radius 1 is 0.808 bits per heavy atom. The molecule has 0 atom stereocenters. The fourth-order valence-corrected chi connectivity index (χ4v) is 3.30. The molecule has 0 bridgehead atoms. The largest absolute Gasteiger partial charge is 0.484 e. The van der Waals surface area contributed by atoms with E-state index in [2.05, 4.69) is 10.6 Å². The number of fused-ring (bicyclic) bond motifs is 1. The number of hydrogen-bond donors (Lipinski definition) is 0. The molecule has 0 amide bonds. The van der Waals surface area contributed by atoms with Crippen molar-refractivity contribution in [3.05, 3.63) is 94.2 Å². The molecule has 1 aromatic heterocycles. The standard InChI is InChI=1S/C21H16Cl2N2O/c22-16-8-2-1-7-15(16)13-25-19-11-5-4-10-18(19)24-21(25)14-26-20-12-6-3-9-17(20)23/h1-12H,13-14H2. The summed E-state index contributed by atoms with van der Waals surface area (Å²) in [6, 6.07) is 23.3. The molecule has 4 rings (SSSR count). The first kappa shape index (κ1) is 17.0. The Bertz CT molecular complexity index is 1060. The third kappa shape index (κ3) is 3.41. The van der Waals surface area contributed by atoms with Gasteiger partial charge >= 0.3 is 0 Å². The van der Waals surface area contributed by atoms with Crippen molar-refractivity contribution in [1.82, 2.24) is 9.55 Å². The molecule has 3 aromatic carbocycles. The molecule has 5 heteroatoms. The minimum absolute atomic E-state index is 0.322. The number of nitrogens with zero attached hydrogens (tertiary/aromatic N) is 2. The second-order valence-corrected chi connectivity index (χ2v) is 6.73. The first-order valence-electron chi connectivity index (χ1n) is 8.27. The van der Waals surface area contributed by atoms with Gasteiger partial charge in [-0.15, -0.1) is 0 Å². The monoisotopic (exact) mass is 382 g/mol. The fraction of sp³-hybridized carbons (Fsp3) is 0.0952. The lowest BCUT2D eigenvalue weighted by Gasteiger charge is -2.12. The lowest BCUT2D eigenvalue weighted by Crippen LogP contribution is -2.09. The van der Waals surface area contributed by atoms with Crippen LogP contribution in [0.25, 0.3) is 11.0 Å². The summed E-state index contributed by atoms with van der Waals surface area (Å²) in [7, 11) is 0. The number of aromatic nitrogens is 2. The highest BCUT2D eigenvalue weighted by Crippen LogP contribution is 2.26. The van der Waals surface area contributed by atoms with Crippen LogP contribution in [0.1, 0.15) is 11.4 Å². The Hall–Kier alpha value is -2.49. The molecule has 0 aliphatic carbocycles. The molecule has 3 nitrogen and oxygen atoms in total. The van der Waals surface area contributed by atoms with Crippen LogP contribution in [0, 0.1) is 0 Å². The van der Waals surface area contributed by atoms with Crippen LogP contribution in [0.3, 0.4) is 0 Å². The number of ether oxygens (including phenoxy) is 1. The number of rotatable bonds is 5. The summed E-state index contributed by atoms with van der Waals surface area (Å²) in [5.41, 5.74) is 3.01. The third-order valence-electron chi connectivity index (χ3n) is 4.21. The zero-order valence-corrected chi connectivity index (χ0v) is 15.4. The maximum Gasteiger partial charge on any atom is 0.148 e. The van der Waals surface area contributed by atoms with Gasteiger partial charge in [0.05, 0.1) is 22.6 Å². The predicted octanol–water partition coefficient (Wildman–Crippen LogP) is 5.97. The van der Waals surface area contributed by atoms with Crippen molar-refractivity contribution in [1.29, 1.82) is 0 Å². The van der Waals surface area contributed by atoms with E-state index in [1.807, 2.05) is 66.7 Å². The van der Waals surface area contributed by atoms with E-state index >= 15 is 0 Å². The molecule has 130 valence electrons. The van der Waals surface area contributed by atoms with Gasteiger partial charge in [0, 0.05) is 5.02 Å². The van der Waals surface area contributed by atoms with Gasteiger partial charge in [-0.25, -0.2) is 4.98 Å². The summed E-state index contributed by atoms with van der Waals surface area (Å²) in [6.45, 7) is 0.949. The summed E-state index contributed by atoms with van der Waals surface area (Å²) in [5.74, 6) is 1.47. The molecule has 0 N–H and O–H groups in total. The third-order valence-corrected chi connectivity index (χ3v) is 4.89. The first-order chi connectivity index (χ1) is 12.7. The Labute approximate surface area is 161 Å². The van der Waals surface area contributed by atoms with E-state index in [0.29, 0.717) is 23.9 Å². The molecular formula is C21H16Cl2N2O. The molecule has 0 fully saturated rings. The summed E-state index contributed by atoms with van der Waals surface area (Å²) < 4.78 is 8.05. The Kier molecular flexibility index (Phi) is 4.83.